The molecule has 0 aromatic heterocycles. The van der Waals surface area contributed by atoms with Crippen molar-refractivity contribution in [3.8, 4) is 16.9 Å². The molecule has 0 spiro atoms. The number of ether oxygens (including phenoxy) is 1. The maximum absolute atomic E-state index is 7.42. The molecule has 0 saturated carbocycles. The standard InChI is InChI=1S/C38H33NO/c1-26-14-19-32-34(24-26)33-20-21-38(28-11-4-2-5-12-28,29-15-17-30(18-16-29)39-22-8-3-9-23-39)40-37(33)36-31-13-7-6-10-27(31)25-35(32)36/h2,4-7,10-21,24H,3,8-9,22-23,25H2,1H3. The second-order valence-electron chi connectivity index (χ2n) is 11.6. The Hall–Kier alpha value is -4.30. The van der Waals surface area contributed by atoms with Crippen LogP contribution in [0.5, 0.6) is 5.75 Å². The molecule has 0 amide bonds. The fraction of sp³-hybridized carbons (Fsp3) is 0.211. The molecule has 1 fully saturated rings. The van der Waals surface area contributed by atoms with Crippen LogP contribution in [-0.4, -0.2) is 13.1 Å². The first kappa shape index (κ1) is 23.6. The predicted octanol–water partition coefficient (Wildman–Crippen LogP) is 9.06. The summed E-state index contributed by atoms with van der Waals surface area (Å²) in [6.07, 6.45) is 9.44. The Morgan fingerprint density at radius 1 is 0.725 bits per heavy atom. The zero-order valence-corrected chi connectivity index (χ0v) is 23.0. The van der Waals surface area contributed by atoms with E-state index in [1.807, 2.05) is 0 Å². The van der Waals surface area contributed by atoms with Gasteiger partial charge in [0.2, 0.25) is 0 Å². The van der Waals surface area contributed by atoms with Gasteiger partial charge in [0, 0.05) is 41.0 Å². The normalized spacial score (nSPS) is 19.2. The van der Waals surface area contributed by atoms with Gasteiger partial charge in [-0.1, -0.05) is 90.5 Å². The number of piperidine rings is 1. The molecule has 1 atom stereocenters. The van der Waals surface area contributed by atoms with E-state index in [-0.39, 0.29) is 0 Å². The minimum atomic E-state index is -0.711. The lowest BCUT2D eigenvalue weighted by Gasteiger charge is -2.38. The molecule has 2 nitrogen and oxygen atoms in total. The number of hydrogen-bond acceptors (Lipinski definition) is 2. The molecule has 0 radical (unpaired) electrons. The first-order valence-corrected chi connectivity index (χ1v) is 14.7. The highest BCUT2D eigenvalue weighted by molar-refractivity contribution is 6.05. The number of benzene rings is 5. The predicted molar refractivity (Wildman–Crippen MR) is 166 cm³/mol. The Morgan fingerprint density at radius 3 is 2.30 bits per heavy atom. The zero-order valence-electron chi connectivity index (χ0n) is 23.0. The van der Waals surface area contributed by atoms with E-state index >= 15 is 0 Å². The maximum Gasteiger partial charge on any atom is 0.178 e. The third-order valence-corrected chi connectivity index (χ3v) is 9.19. The van der Waals surface area contributed by atoms with Crippen LogP contribution < -0.4 is 9.64 Å². The van der Waals surface area contributed by atoms with Gasteiger partial charge >= 0.3 is 0 Å². The molecular formula is C38H33NO. The van der Waals surface area contributed by atoms with E-state index in [0.717, 1.165) is 36.4 Å². The number of anilines is 1. The molecule has 5 aromatic rings. The van der Waals surface area contributed by atoms with E-state index in [9.17, 15) is 0 Å². The maximum atomic E-state index is 7.42. The second-order valence-corrected chi connectivity index (χ2v) is 11.6. The molecule has 0 N–H and O–H groups in total. The van der Waals surface area contributed by atoms with Gasteiger partial charge in [-0.15, -0.1) is 0 Å². The second kappa shape index (κ2) is 9.13. The molecule has 2 heteroatoms. The molecule has 1 saturated heterocycles. The molecule has 3 aliphatic rings. The minimum Gasteiger partial charge on any atom is -0.472 e. The van der Waals surface area contributed by atoms with Gasteiger partial charge in [0.15, 0.2) is 5.60 Å². The monoisotopic (exact) mass is 519 g/mol. The lowest BCUT2D eigenvalue weighted by atomic mass is 9.81. The van der Waals surface area contributed by atoms with Crippen LogP contribution in [0.1, 0.15) is 52.6 Å². The summed E-state index contributed by atoms with van der Waals surface area (Å²) in [7, 11) is 0. The molecule has 2 heterocycles. The summed E-state index contributed by atoms with van der Waals surface area (Å²) in [6.45, 7) is 4.47. The van der Waals surface area contributed by atoms with E-state index < -0.39 is 5.60 Å². The third-order valence-electron chi connectivity index (χ3n) is 9.19. The van der Waals surface area contributed by atoms with E-state index in [0.29, 0.717) is 0 Å². The smallest absolute Gasteiger partial charge is 0.178 e. The van der Waals surface area contributed by atoms with Crippen molar-refractivity contribution in [2.75, 3.05) is 18.0 Å². The Balaban J connectivity index is 1.35. The van der Waals surface area contributed by atoms with Gasteiger partial charge in [-0.05, 0) is 84.4 Å². The zero-order chi connectivity index (χ0) is 26.7. The highest BCUT2D eigenvalue weighted by Crippen LogP contribution is 2.54. The fourth-order valence-electron chi connectivity index (χ4n) is 7.15. The van der Waals surface area contributed by atoms with Crippen LogP contribution in [0.2, 0.25) is 0 Å². The van der Waals surface area contributed by atoms with Crippen LogP contribution in [0.25, 0.3) is 28.0 Å². The van der Waals surface area contributed by atoms with E-state index in [1.165, 1.54) is 69.1 Å². The Kier molecular flexibility index (Phi) is 5.38. The Bertz CT molecular complexity index is 1780. The number of fused-ring (bicyclic) bond motifs is 8. The first-order chi connectivity index (χ1) is 19.7. The van der Waals surface area contributed by atoms with Crippen LogP contribution in [0.3, 0.4) is 0 Å². The van der Waals surface area contributed by atoms with E-state index in [1.54, 1.807) is 0 Å². The minimum absolute atomic E-state index is 0.711. The summed E-state index contributed by atoms with van der Waals surface area (Å²) >= 11 is 0. The summed E-state index contributed by atoms with van der Waals surface area (Å²) in [5, 5.41) is 2.61. The van der Waals surface area contributed by atoms with Gasteiger partial charge in [-0.25, -0.2) is 0 Å². The summed E-state index contributed by atoms with van der Waals surface area (Å²) in [4.78, 5) is 2.52. The molecule has 1 unspecified atom stereocenters. The number of aryl methyl sites for hydroxylation is 1. The van der Waals surface area contributed by atoms with E-state index in [4.69, 9.17) is 4.74 Å². The first-order valence-electron chi connectivity index (χ1n) is 14.7. The van der Waals surface area contributed by atoms with Gasteiger partial charge in [0.05, 0.1) is 0 Å². The van der Waals surface area contributed by atoms with Crippen molar-refractivity contribution in [1.29, 1.82) is 0 Å². The molecule has 40 heavy (non-hydrogen) atoms. The molecule has 2 aliphatic heterocycles. The molecule has 1 aliphatic carbocycles. The van der Waals surface area contributed by atoms with Crippen molar-refractivity contribution < 1.29 is 4.74 Å². The topological polar surface area (TPSA) is 12.5 Å². The van der Waals surface area contributed by atoms with Crippen molar-refractivity contribution in [3.63, 3.8) is 0 Å². The average molecular weight is 520 g/mol. The van der Waals surface area contributed by atoms with E-state index in [2.05, 4.69) is 121 Å². The molecule has 0 bridgehead atoms. The van der Waals surface area contributed by atoms with Crippen LogP contribution in [0.4, 0.5) is 5.69 Å². The Morgan fingerprint density at radius 2 is 1.48 bits per heavy atom. The number of nitrogens with zero attached hydrogens (tertiary/aromatic N) is 1. The van der Waals surface area contributed by atoms with Gasteiger partial charge in [-0.2, -0.15) is 0 Å². The molecular weight excluding hydrogens is 486 g/mol. The quantitative estimate of drug-likeness (QED) is 0.231. The number of rotatable bonds is 3. The SMILES string of the molecule is Cc1ccc2c3c(c4c(c2c1)C=CC(c1ccccc1)(c1ccc(N2CCCCC2)cc1)O4)-c1ccccc1C3. The van der Waals surface area contributed by atoms with Crippen LogP contribution in [0.15, 0.2) is 103 Å². The van der Waals surface area contributed by atoms with Crippen molar-refractivity contribution in [1.82, 2.24) is 0 Å². The van der Waals surface area contributed by atoms with Crippen molar-refractivity contribution in [3.05, 3.63) is 137 Å². The van der Waals surface area contributed by atoms with Crippen molar-refractivity contribution >= 4 is 22.5 Å². The third kappa shape index (κ3) is 3.55. The molecule has 196 valence electrons. The van der Waals surface area contributed by atoms with Crippen LogP contribution >= 0.6 is 0 Å². The van der Waals surface area contributed by atoms with Gasteiger partial charge < -0.3 is 9.64 Å². The highest BCUT2D eigenvalue weighted by atomic mass is 16.5. The van der Waals surface area contributed by atoms with Gasteiger partial charge in [0.1, 0.15) is 5.75 Å². The molecule has 8 rings (SSSR count). The van der Waals surface area contributed by atoms with Gasteiger partial charge in [0.25, 0.3) is 0 Å². The fourth-order valence-corrected chi connectivity index (χ4v) is 7.15. The van der Waals surface area contributed by atoms with Crippen LogP contribution in [0, 0.1) is 6.92 Å². The summed E-state index contributed by atoms with van der Waals surface area (Å²) in [6, 6.07) is 35.6. The highest BCUT2D eigenvalue weighted by Gasteiger charge is 2.40. The largest absolute Gasteiger partial charge is 0.472 e. The molecule has 5 aromatic carbocycles. The Labute approximate surface area is 236 Å². The lowest BCUT2D eigenvalue weighted by molar-refractivity contribution is 0.162. The summed E-state index contributed by atoms with van der Waals surface area (Å²) in [5.41, 5.74) is 10.7. The van der Waals surface area contributed by atoms with Crippen molar-refractivity contribution in [2.24, 2.45) is 0 Å². The van der Waals surface area contributed by atoms with Crippen LogP contribution in [-0.2, 0) is 12.0 Å². The summed E-state index contributed by atoms with van der Waals surface area (Å²) in [5.74, 6) is 1.00. The van der Waals surface area contributed by atoms with Gasteiger partial charge in [-0.3, -0.25) is 0 Å². The lowest BCUT2D eigenvalue weighted by Crippen LogP contribution is -2.35. The summed E-state index contributed by atoms with van der Waals surface area (Å²) < 4.78 is 7.42. The number of hydrogen-bond donors (Lipinski definition) is 0. The van der Waals surface area contributed by atoms with Crippen molar-refractivity contribution in [2.45, 2.75) is 38.2 Å². The average Bonchev–Trinajstić information content (AvgIpc) is 3.42.